The molecule has 0 aliphatic heterocycles. The number of aromatic nitrogens is 2. The monoisotopic (exact) mass is 566 g/mol. The second-order valence-corrected chi connectivity index (χ2v) is 8.54. The molecule has 0 saturated heterocycles. The summed E-state index contributed by atoms with van der Waals surface area (Å²) >= 11 is 2.21. The zero-order chi connectivity index (χ0) is 24.1. The molecule has 2 aromatic carbocycles. The predicted octanol–water partition coefficient (Wildman–Crippen LogP) is 4.77. The van der Waals surface area contributed by atoms with Crippen LogP contribution in [0.5, 0.6) is 34.5 Å². The standard InChI is InChI=1S/C23H27IN4O5/c1-12(2)14-8-17(15(24)9-16(14)33-20-10-27-23(26)28-22(20)25)32-11-13-6-18(29-3)21(31-5)19(7-13)30-4/h6-10,12H,11H2,1-5H3,(H4,25,26,27,28). The number of nitrogens with zero attached hydrogens (tertiary/aromatic N) is 2. The molecule has 1 aromatic heterocycles. The predicted molar refractivity (Wildman–Crippen MR) is 135 cm³/mol. The third kappa shape index (κ3) is 5.62. The summed E-state index contributed by atoms with van der Waals surface area (Å²) in [6.07, 6.45) is 1.46. The van der Waals surface area contributed by atoms with Crippen LogP contribution in [0.3, 0.4) is 0 Å². The summed E-state index contributed by atoms with van der Waals surface area (Å²) in [7, 11) is 4.73. The smallest absolute Gasteiger partial charge is 0.222 e. The molecule has 33 heavy (non-hydrogen) atoms. The highest BCUT2D eigenvalue weighted by Gasteiger charge is 2.17. The summed E-state index contributed by atoms with van der Waals surface area (Å²) in [5.41, 5.74) is 13.3. The number of benzene rings is 2. The maximum atomic E-state index is 6.15. The minimum atomic E-state index is 0.0917. The first-order chi connectivity index (χ1) is 15.8. The number of hydrogen-bond donors (Lipinski definition) is 2. The zero-order valence-electron chi connectivity index (χ0n) is 19.1. The summed E-state index contributed by atoms with van der Waals surface area (Å²) in [6, 6.07) is 7.59. The molecule has 0 atom stereocenters. The molecule has 0 unspecified atom stereocenters. The Labute approximate surface area is 206 Å². The van der Waals surface area contributed by atoms with Crippen molar-refractivity contribution in [2.24, 2.45) is 0 Å². The average molecular weight is 566 g/mol. The van der Waals surface area contributed by atoms with Crippen molar-refractivity contribution >= 4 is 34.4 Å². The fourth-order valence-corrected chi connectivity index (χ4v) is 3.77. The van der Waals surface area contributed by atoms with Crippen molar-refractivity contribution in [2.45, 2.75) is 26.4 Å². The molecule has 0 spiro atoms. The van der Waals surface area contributed by atoms with Gasteiger partial charge in [-0.25, -0.2) is 4.98 Å². The summed E-state index contributed by atoms with van der Waals surface area (Å²) in [5, 5.41) is 0. The lowest BCUT2D eigenvalue weighted by Crippen LogP contribution is -2.04. The summed E-state index contributed by atoms with van der Waals surface area (Å²) in [5.74, 6) is 3.82. The molecule has 176 valence electrons. The van der Waals surface area contributed by atoms with E-state index in [-0.39, 0.29) is 17.7 Å². The fourth-order valence-electron chi connectivity index (χ4n) is 3.18. The van der Waals surface area contributed by atoms with Crippen LogP contribution in [0.1, 0.15) is 30.9 Å². The number of nitrogens with two attached hydrogens (primary N) is 2. The minimum Gasteiger partial charge on any atom is -0.493 e. The molecule has 0 bridgehead atoms. The Bertz CT molecular complexity index is 1120. The number of anilines is 2. The molecule has 0 amide bonds. The van der Waals surface area contributed by atoms with Crippen LogP contribution in [0.4, 0.5) is 11.8 Å². The van der Waals surface area contributed by atoms with Crippen molar-refractivity contribution in [1.29, 1.82) is 0 Å². The third-order valence-electron chi connectivity index (χ3n) is 4.83. The van der Waals surface area contributed by atoms with Crippen LogP contribution in [-0.4, -0.2) is 31.3 Å². The molecule has 4 N–H and O–H groups in total. The number of hydrogen-bond acceptors (Lipinski definition) is 9. The van der Waals surface area contributed by atoms with Crippen LogP contribution >= 0.6 is 22.6 Å². The second kappa shape index (κ2) is 10.6. The Balaban J connectivity index is 1.88. The van der Waals surface area contributed by atoms with Crippen LogP contribution in [0, 0.1) is 3.57 Å². The van der Waals surface area contributed by atoms with Crippen LogP contribution < -0.4 is 35.2 Å². The highest BCUT2D eigenvalue weighted by molar-refractivity contribution is 14.1. The average Bonchev–Trinajstić information content (AvgIpc) is 2.79. The fraction of sp³-hybridized carbons (Fsp3) is 0.304. The van der Waals surface area contributed by atoms with Gasteiger partial charge in [-0.1, -0.05) is 13.8 Å². The van der Waals surface area contributed by atoms with Crippen molar-refractivity contribution in [2.75, 3.05) is 32.8 Å². The first-order valence-electron chi connectivity index (χ1n) is 10.1. The Hall–Kier alpha value is -3.15. The molecule has 10 heteroatoms. The van der Waals surface area contributed by atoms with E-state index in [1.165, 1.54) is 6.20 Å². The number of rotatable bonds is 9. The summed E-state index contributed by atoms with van der Waals surface area (Å²) in [4.78, 5) is 7.91. The lowest BCUT2D eigenvalue weighted by atomic mass is 10.0. The normalized spacial score (nSPS) is 10.8. The molecular formula is C23H27IN4O5. The number of ether oxygens (including phenoxy) is 5. The van der Waals surface area contributed by atoms with Crippen molar-refractivity contribution in [1.82, 2.24) is 9.97 Å². The van der Waals surface area contributed by atoms with Gasteiger partial charge in [0.25, 0.3) is 0 Å². The zero-order valence-corrected chi connectivity index (χ0v) is 21.3. The number of halogens is 1. The van der Waals surface area contributed by atoms with Gasteiger partial charge in [0.1, 0.15) is 18.1 Å². The number of methoxy groups -OCH3 is 3. The SMILES string of the molecule is COc1cc(COc2cc(C(C)C)c(Oc3cnc(N)nc3N)cc2I)cc(OC)c1OC. The highest BCUT2D eigenvalue weighted by Crippen LogP contribution is 2.40. The van der Waals surface area contributed by atoms with Crippen molar-refractivity contribution in [3.05, 3.63) is 45.2 Å². The van der Waals surface area contributed by atoms with Gasteiger partial charge in [-0.2, -0.15) is 4.98 Å². The van der Waals surface area contributed by atoms with E-state index < -0.39 is 0 Å². The largest absolute Gasteiger partial charge is 0.493 e. The van der Waals surface area contributed by atoms with Gasteiger partial charge in [0, 0.05) is 5.56 Å². The Morgan fingerprint density at radius 1 is 0.879 bits per heavy atom. The van der Waals surface area contributed by atoms with Crippen molar-refractivity contribution < 1.29 is 23.7 Å². The second-order valence-electron chi connectivity index (χ2n) is 7.38. The van der Waals surface area contributed by atoms with Gasteiger partial charge in [-0.05, 0) is 58.3 Å². The van der Waals surface area contributed by atoms with Crippen LogP contribution in [0.25, 0.3) is 0 Å². The van der Waals surface area contributed by atoms with Crippen LogP contribution in [-0.2, 0) is 6.61 Å². The first-order valence-corrected chi connectivity index (χ1v) is 11.2. The molecule has 3 rings (SSSR count). The maximum Gasteiger partial charge on any atom is 0.222 e. The Morgan fingerprint density at radius 2 is 1.55 bits per heavy atom. The molecule has 3 aromatic rings. The summed E-state index contributed by atoms with van der Waals surface area (Å²) < 4.78 is 29.3. The van der Waals surface area contributed by atoms with E-state index in [0.29, 0.717) is 35.4 Å². The van der Waals surface area contributed by atoms with Gasteiger partial charge in [-0.15, -0.1) is 0 Å². The molecular weight excluding hydrogens is 539 g/mol. The quantitative estimate of drug-likeness (QED) is 0.353. The van der Waals surface area contributed by atoms with Gasteiger partial charge in [-0.3, -0.25) is 0 Å². The molecule has 0 radical (unpaired) electrons. The Morgan fingerprint density at radius 3 is 2.09 bits per heavy atom. The van der Waals surface area contributed by atoms with Crippen LogP contribution in [0.15, 0.2) is 30.5 Å². The van der Waals surface area contributed by atoms with Gasteiger partial charge >= 0.3 is 0 Å². The van der Waals surface area contributed by atoms with E-state index in [0.717, 1.165) is 20.4 Å². The molecule has 1 heterocycles. The summed E-state index contributed by atoms with van der Waals surface area (Å²) in [6.45, 7) is 4.45. The van der Waals surface area contributed by atoms with E-state index >= 15 is 0 Å². The molecule has 9 nitrogen and oxygen atoms in total. The topological polar surface area (TPSA) is 124 Å². The van der Waals surface area contributed by atoms with E-state index in [1.54, 1.807) is 21.3 Å². The Kier molecular flexibility index (Phi) is 7.90. The first kappa shape index (κ1) is 24.5. The molecule has 0 saturated carbocycles. The highest BCUT2D eigenvalue weighted by atomic mass is 127. The maximum absolute atomic E-state index is 6.15. The minimum absolute atomic E-state index is 0.0917. The van der Waals surface area contributed by atoms with Gasteiger partial charge < -0.3 is 35.2 Å². The van der Waals surface area contributed by atoms with E-state index in [1.807, 2.05) is 24.3 Å². The molecule has 0 aliphatic carbocycles. The third-order valence-corrected chi connectivity index (χ3v) is 5.67. The van der Waals surface area contributed by atoms with E-state index in [4.69, 9.17) is 35.2 Å². The molecule has 0 aliphatic rings. The van der Waals surface area contributed by atoms with Gasteiger partial charge in [0.2, 0.25) is 11.7 Å². The lowest BCUT2D eigenvalue weighted by molar-refractivity contribution is 0.296. The van der Waals surface area contributed by atoms with E-state index in [9.17, 15) is 0 Å². The van der Waals surface area contributed by atoms with Crippen molar-refractivity contribution in [3.8, 4) is 34.5 Å². The van der Waals surface area contributed by atoms with Crippen LogP contribution in [0.2, 0.25) is 0 Å². The van der Waals surface area contributed by atoms with Gasteiger partial charge in [0.15, 0.2) is 23.1 Å². The van der Waals surface area contributed by atoms with Crippen molar-refractivity contribution in [3.63, 3.8) is 0 Å². The van der Waals surface area contributed by atoms with E-state index in [2.05, 4.69) is 46.4 Å². The number of nitrogen functional groups attached to an aromatic ring is 2. The molecule has 0 fully saturated rings. The lowest BCUT2D eigenvalue weighted by Gasteiger charge is -2.18. The van der Waals surface area contributed by atoms with Gasteiger partial charge in [0.05, 0.1) is 31.1 Å².